The molecule has 1 unspecified atom stereocenters. The van der Waals surface area contributed by atoms with E-state index >= 15 is 0 Å². The summed E-state index contributed by atoms with van der Waals surface area (Å²) in [6, 6.07) is 2.28. The highest BCUT2D eigenvalue weighted by Crippen LogP contribution is 2.15. The van der Waals surface area contributed by atoms with Crippen LogP contribution in [0.5, 0.6) is 0 Å². The fourth-order valence-electron chi connectivity index (χ4n) is 1.39. The van der Waals surface area contributed by atoms with Gasteiger partial charge in [0.2, 0.25) is 14.9 Å². The van der Waals surface area contributed by atoms with Crippen molar-refractivity contribution in [1.82, 2.24) is 5.32 Å². The van der Waals surface area contributed by atoms with E-state index in [1.807, 2.05) is 0 Å². The fourth-order valence-corrected chi connectivity index (χ4v) is 1.95. The lowest BCUT2D eigenvalue weighted by Gasteiger charge is -2.24. The van der Waals surface area contributed by atoms with Crippen molar-refractivity contribution in [3.63, 3.8) is 0 Å². The Bertz CT molecular complexity index is 618. The molecule has 0 aliphatic heterocycles. The van der Waals surface area contributed by atoms with Crippen LogP contribution in [0, 0.1) is 0 Å². The number of sulfone groups is 1. The molecule has 20 heavy (non-hydrogen) atoms. The van der Waals surface area contributed by atoms with Gasteiger partial charge in [0.25, 0.3) is 5.91 Å². The maximum Gasteiger partial charge on any atom is 0.331 e. The summed E-state index contributed by atoms with van der Waals surface area (Å²) in [7, 11) is -2.28. The second kappa shape index (κ2) is 5.63. The van der Waals surface area contributed by atoms with Gasteiger partial charge in [0, 0.05) is 13.4 Å². The van der Waals surface area contributed by atoms with Crippen molar-refractivity contribution in [2.24, 2.45) is 0 Å². The van der Waals surface area contributed by atoms with Crippen molar-refractivity contribution in [2.75, 3.05) is 20.0 Å². The van der Waals surface area contributed by atoms with Crippen LogP contribution in [0.1, 0.15) is 17.5 Å². The lowest BCUT2D eigenvalue weighted by Crippen LogP contribution is -2.55. The molecule has 0 saturated carbocycles. The average molecular weight is 305 g/mol. The fraction of sp³-hybridized carbons (Fsp3) is 0.455. The van der Waals surface area contributed by atoms with E-state index in [1.54, 1.807) is 0 Å². The lowest BCUT2D eigenvalue weighted by atomic mass is 10.0. The number of ether oxygens (including phenoxy) is 1. The van der Waals surface area contributed by atoms with E-state index in [-0.39, 0.29) is 17.5 Å². The SMILES string of the molecule is COCC(C)(NC(=O)c1ccc(S(C)(=O)=O)o1)C(=O)O. The number of hydrogen-bond acceptors (Lipinski definition) is 6. The van der Waals surface area contributed by atoms with Gasteiger partial charge in [-0.3, -0.25) is 4.79 Å². The van der Waals surface area contributed by atoms with E-state index in [4.69, 9.17) is 14.3 Å². The molecule has 0 spiro atoms. The number of furan rings is 1. The lowest BCUT2D eigenvalue weighted by molar-refractivity contribution is -0.145. The number of nitrogens with one attached hydrogen (secondary N) is 1. The summed E-state index contributed by atoms with van der Waals surface area (Å²) >= 11 is 0. The highest BCUT2D eigenvalue weighted by Gasteiger charge is 2.36. The van der Waals surface area contributed by atoms with Gasteiger partial charge in [-0.25, -0.2) is 13.2 Å². The summed E-state index contributed by atoms with van der Waals surface area (Å²) in [5, 5.41) is 10.9. The number of methoxy groups -OCH3 is 1. The Hall–Kier alpha value is -1.87. The zero-order valence-electron chi connectivity index (χ0n) is 11.2. The van der Waals surface area contributed by atoms with Crippen LogP contribution in [0.2, 0.25) is 0 Å². The third-order valence-corrected chi connectivity index (χ3v) is 3.42. The molecule has 0 fully saturated rings. The highest BCUT2D eigenvalue weighted by atomic mass is 32.2. The number of hydrogen-bond donors (Lipinski definition) is 2. The first kappa shape index (κ1) is 16.2. The van der Waals surface area contributed by atoms with Gasteiger partial charge in [0.05, 0.1) is 6.61 Å². The number of carbonyl (C=O) groups excluding carboxylic acids is 1. The van der Waals surface area contributed by atoms with Crippen molar-refractivity contribution in [1.29, 1.82) is 0 Å². The Morgan fingerprint density at radius 3 is 2.45 bits per heavy atom. The molecule has 1 rings (SSSR count). The highest BCUT2D eigenvalue weighted by molar-refractivity contribution is 7.90. The third kappa shape index (κ3) is 3.58. The Labute approximate surface area is 115 Å². The van der Waals surface area contributed by atoms with Crippen molar-refractivity contribution < 1.29 is 32.3 Å². The first-order valence-electron chi connectivity index (χ1n) is 5.45. The molecule has 1 heterocycles. The molecule has 0 aliphatic carbocycles. The molecule has 0 bridgehead atoms. The van der Waals surface area contributed by atoms with E-state index in [0.29, 0.717) is 0 Å². The van der Waals surface area contributed by atoms with Gasteiger partial charge in [0.15, 0.2) is 11.3 Å². The normalized spacial score (nSPS) is 14.6. The predicted molar refractivity (Wildman–Crippen MR) is 67.2 cm³/mol. The van der Waals surface area contributed by atoms with Crippen LogP contribution in [-0.4, -0.2) is 50.9 Å². The first-order valence-corrected chi connectivity index (χ1v) is 7.34. The topological polar surface area (TPSA) is 123 Å². The van der Waals surface area contributed by atoms with Gasteiger partial charge in [-0.15, -0.1) is 0 Å². The minimum atomic E-state index is -3.57. The van der Waals surface area contributed by atoms with Gasteiger partial charge in [-0.2, -0.15) is 0 Å². The van der Waals surface area contributed by atoms with Crippen LogP contribution in [0.25, 0.3) is 0 Å². The smallest absolute Gasteiger partial charge is 0.331 e. The van der Waals surface area contributed by atoms with Gasteiger partial charge in [0.1, 0.15) is 0 Å². The van der Waals surface area contributed by atoms with Crippen molar-refractivity contribution in [3.05, 3.63) is 17.9 Å². The summed E-state index contributed by atoms with van der Waals surface area (Å²) in [5.74, 6) is -2.43. The molecular formula is C11H15NO7S. The molecule has 112 valence electrons. The largest absolute Gasteiger partial charge is 0.479 e. The van der Waals surface area contributed by atoms with Crippen LogP contribution in [0.4, 0.5) is 0 Å². The van der Waals surface area contributed by atoms with Gasteiger partial charge in [-0.1, -0.05) is 0 Å². The average Bonchev–Trinajstić information content (AvgIpc) is 2.77. The molecule has 2 N–H and O–H groups in total. The maximum absolute atomic E-state index is 11.9. The van der Waals surface area contributed by atoms with E-state index in [0.717, 1.165) is 18.4 Å². The molecule has 0 aromatic carbocycles. The zero-order valence-corrected chi connectivity index (χ0v) is 12.0. The number of carboxylic acids is 1. The monoisotopic (exact) mass is 305 g/mol. The van der Waals surface area contributed by atoms with Crippen molar-refractivity contribution in [3.8, 4) is 0 Å². The Morgan fingerprint density at radius 1 is 1.45 bits per heavy atom. The zero-order chi connectivity index (χ0) is 15.6. The predicted octanol–water partition coefficient (Wildman–Crippen LogP) is -0.0974. The van der Waals surface area contributed by atoms with Crippen LogP contribution >= 0.6 is 0 Å². The second-order valence-electron chi connectivity index (χ2n) is 4.42. The minimum absolute atomic E-state index is 0.256. The third-order valence-electron chi connectivity index (χ3n) is 2.47. The number of rotatable bonds is 6. The Morgan fingerprint density at radius 2 is 2.05 bits per heavy atom. The van der Waals surface area contributed by atoms with Crippen LogP contribution in [0.15, 0.2) is 21.6 Å². The number of aliphatic carboxylic acids is 1. The summed E-state index contributed by atoms with van der Waals surface area (Å²) in [6.45, 7) is 1.00. The molecule has 1 amide bonds. The van der Waals surface area contributed by atoms with E-state index < -0.39 is 27.3 Å². The van der Waals surface area contributed by atoms with Gasteiger partial charge >= 0.3 is 5.97 Å². The summed E-state index contributed by atoms with van der Waals surface area (Å²) in [6.07, 6.45) is 0.930. The van der Waals surface area contributed by atoms with E-state index in [9.17, 15) is 18.0 Å². The molecule has 0 aliphatic rings. The quantitative estimate of drug-likeness (QED) is 0.752. The Balaban J connectivity index is 2.96. The molecular weight excluding hydrogens is 290 g/mol. The van der Waals surface area contributed by atoms with Crippen LogP contribution < -0.4 is 5.32 Å². The summed E-state index contributed by atoms with van der Waals surface area (Å²) in [4.78, 5) is 23.0. The first-order chi connectivity index (χ1) is 9.10. The van der Waals surface area contributed by atoms with Crippen LogP contribution in [-0.2, 0) is 19.4 Å². The molecule has 1 aromatic rings. The van der Waals surface area contributed by atoms with E-state index in [1.165, 1.54) is 14.0 Å². The summed E-state index contributed by atoms with van der Waals surface area (Å²) in [5.41, 5.74) is -1.65. The standard InChI is InChI=1S/C11H15NO7S/c1-11(6-18-2,10(14)15)12-9(13)7-4-5-8(19-7)20(3,16)17/h4-5H,6H2,1-3H3,(H,12,13)(H,14,15). The van der Waals surface area contributed by atoms with Crippen LogP contribution in [0.3, 0.4) is 0 Å². The number of amides is 1. The minimum Gasteiger partial charge on any atom is -0.479 e. The number of carboxylic acid groups (broad SMARTS) is 1. The molecule has 8 nitrogen and oxygen atoms in total. The van der Waals surface area contributed by atoms with Crippen molar-refractivity contribution >= 4 is 21.7 Å². The Kier molecular flexibility index (Phi) is 4.56. The van der Waals surface area contributed by atoms with Gasteiger partial charge in [-0.05, 0) is 19.1 Å². The molecule has 1 atom stereocenters. The summed E-state index contributed by atoms with van der Waals surface area (Å²) < 4.78 is 32.1. The molecule has 0 radical (unpaired) electrons. The molecule has 1 aromatic heterocycles. The van der Waals surface area contributed by atoms with E-state index in [2.05, 4.69) is 5.32 Å². The van der Waals surface area contributed by atoms with Gasteiger partial charge < -0.3 is 19.6 Å². The molecule has 9 heteroatoms. The maximum atomic E-state index is 11.9. The van der Waals surface area contributed by atoms with Crippen molar-refractivity contribution in [2.45, 2.75) is 17.6 Å². The number of carbonyl (C=O) groups is 2. The molecule has 0 saturated heterocycles. The second-order valence-corrected chi connectivity index (χ2v) is 6.36.